The SMILES string of the molecule is C#Cc1c(F)ccc2cc(O)cc(-c3ncc4c(N5CCNC(COC)C5)nc(OCC56CCCN5CCC6)nc4c3F)c12. The minimum atomic E-state index is -0.736. The fraction of sp³-hybridized carbons (Fsp3) is 0.424. The predicted octanol–water partition coefficient (Wildman–Crippen LogP) is 4.24. The Kier molecular flexibility index (Phi) is 7.44. The average Bonchev–Trinajstić information content (AvgIpc) is 3.61. The lowest BCUT2D eigenvalue weighted by Crippen LogP contribution is -2.53. The highest BCUT2D eigenvalue weighted by Crippen LogP contribution is 2.41. The Bertz CT molecular complexity index is 1780. The van der Waals surface area contributed by atoms with Crippen molar-refractivity contribution in [3.8, 4) is 35.4 Å². The molecular weight excluding hydrogens is 566 g/mol. The van der Waals surface area contributed by atoms with Crippen LogP contribution in [-0.4, -0.2) is 89.6 Å². The first-order valence-electron chi connectivity index (χ1n) is 15.0. The molecule has 2 N–H and O–H groups in total. The number of aromatic nitrogens is 3. The van der Waals surface area contributed by atoms with Gasteiger partial charge in [-0.25, -0.2) is 8.78 Å². The first-order valence-corrected chi connectivity index (χ1v) is 15.0. The number of phenolic OH excluding ortho intramolecular Hbond substituents is 1. The van der Waals surface area contributed by atoms with E-state index in [0.29, 0.717) is 49.4 Å². The molecule has 11 heteroatoms. The molecule has 2 aromatic heterocycles. The van der Waals surface area contributed by atoms with Crippen molar-refractivity contribution in [2.24, 2.45) is 0 Å². The van der Waals surface area contributed by atoms with Gasteiger partial charge in [-0.2, -0.15) is 9.97 Å². The van der Waals surface area contributed by atoms with Crippen molar-refractivity contribution in [1.29, 1.82) is 0 Å². The second-order valence-electron chi connectivity index (χ2n) is 11.9. The number of anilines is 1. The summed E-state index contributed by atoms with van der Waals surface area (Å²) in [7, 11) is 1.66. The van der Waals surface area contributed by atoms with Crippen LogP contribution in [0.5, 0.6) is 11.8 Å². The summed E-state index contributed by atoms with van der Waals surface area (Å²) < 4.78 is 43.2. The molecule has 4 aromatic rings. The largest absolute Gasteiger partial charge is 0.508 e. The van der Waals surface area contributed by atoms with E-state index in [-0.39, 0.29) is 51.1 Å². The third kappa shape index (κ3) is 4.87. The van der Waals surface area contributed by atoms with Crippen LogP contribution < -0.4 is 15.0 Å². The van der Waals surface area contributed by atoms with Gasteiger partial charge in [0.25, 0.3) is 0 Å². The van der Waals surface area contributed by atoms with Crippen LogP contribution >= 0.6 is 0 Å². The molecule has 0 aliphatic carbocycles. The summed E-state index contributed by atoms with van der Waals surface area (Å²) in [6.07, 6.45) is 11.5. The summed E-state index contributed by atoms with van der Waals surface area (Å²) in [6, 6.07) is 5.68. The number of nitrogens with one attached hydrogen (secondary N) is 1. The lowest BCUT2D eigenvalue weighted by atomic mass is 9.95. The molecule has 228 valence electrons. The molecule has 5 heterocycles. The van der Waals surface area contributed by atoms with Crippen molar-refractivity contribution >= 4 is 27.5 Å². The third-order valence-corrected chi connectivity index (χ3v) is 9.30. The van der Waals surface area contributed by atoms with E-state index in [9.17, 15) is 9.50 Å². The Morgan fingerprint density at radius 3 is 2.75 bits per heavy atom. The number of terminal acetylenes is 1. The van der Waals surface area contributed by atoms with E-state index in [1.54, 1.807) is 7.11 Å². The number of rotatable bonds is 7. The van der Waals surface area contributed by atoms with Crippen molar-refractivity contribution < 1.29 is 23.4 Å². The number of hydrogen-bond donors (Lipinski definition) is 2. The van der Waals surface area contributed by atoms with Gasteiger partial charge < -0.3 is 24.8 Å². The summed E-state index contributed by atoms with van der Waals surface area (Å²) in [6.45, 7) is 4.95. The molecule has 0 radical (unpaired) electrons. The molecule has 2 aromatic carbocycles. The standard InChI is InChI=1S/C33H34F2N6O3/c1-3-23-26(34)7-6-20-14-22(42)15-24(27(20)23)29-28(35)30-25(16-37-29)31(40-13-10-36-21(17-40)18-43-2)39-32(38-30)44-19-33-8-4-11-41(33)12-5-9-33/h1,6-7,14-16,21,36,42H,4-5,8-13,17-19H2,2H3. The maximum atomic E-state index is 16.7. The average molecular weight is 601 g/mol. The molecule has 3 saturated heterocycles. The smallest absolute Gasteiger partial charge is 0.319 e. The molecule has 0 amide bonds. The highest BCUT2D eigenvalue weighted by atomic mass is 19.1. The first kappa shape index (κ1) is 28.6. The van der Waals surface area contributed by atoms with Crippen LogP contribution in [0.1, 0.15) is 31.2 Å². The third-order valence-electron chi connectivity index (χ3n) is 9.30. The summed E-state index contributed by atoms with van der Waals surface area (Å²) in [4.78, 5) is 18.5. The number of piperazine rings is 1. The summed E-state index contributed by atoms with van der Waals surface area (Å²) >= 11 is 0. The molecule has 0 saturated carbocycles. The van der Waals surface area contributed by atoms with Crippen molar-refractivity contribution in [2.45, 2.75) is 37.3 Å². The fourth-order valence-electron chi connectivity index (χ4n) is 7.26. The van der Waals surface area contributed by atoms with Crippen LogP contribution in [0.15, 0.2) is 30.5 Å². The zero-order chi connectivity index (χ0) is 30.4. The van der Waals surface area contributed by atoms with Gasteiger partial charge in [0.05, 0.1) is 23.1 Å². The monoisotopic (exact) mass is 600 g/mol. The number of hydrogen-bond acceptors (Lipinski definition) is 9. The highest BCUT2D eigenvalue weighted by molar-refractivity contribution is 6.03. The number of halogens is 2. The second-order valence-corrected chi connectivity index (χ2v) is 11.9. The van der Waals surface area contributed by atoms with E-state index in [1.165, 1.54) is 30.5 Å². The number of ether oxygens (including phenoxy) is 2. The Morgan fingerprint density at radius 2 is 1.98 bits per heavy atom. The van der Waals surface area contributed by atoms with Gasteiger partial charge in [-0.05, 0) is 62.4 Å². The quantitative estimate of drug-likeness (QED) is 0.302. The van der Waals surface area contributed by atoms with Gasteiger partial charge in [-0.1, -0.05) is 12.0 Å². The first-order chi connectivity index (χ1) is 21.4. The maximum absolute atomic E-state index is 16.7. The van der Waals surface area contributed by atoms with Gasteiger partial charge >= 0.3 is 6.01 Å². The molecule has 9 nitrogen and oxygen atoms in total. The van der Waals surface area contributed by atoms with Crippen LogP contribution in [0.25, 0.3) is 32.9 Å². The number of phenols is 1. The zero-order valence-corrected chi connectivity index (χ0v) is 24.6. The topological polar surface area (TPSA) is 95.9 Å². The van der Waals surface area contributed by atoms with E-state index in [0.717, 1.165) is 38.8 Å². The van der Waals surface area contributed by atoms with E-state index in [1.807, 2.05) is 0 Å². The van der Waals surface area contributed by atoms with E-state index in [4.69, 9.17) is 20.9 Å². The van der Waals surface area contributed by atoms with E-state index < -0.39 is 11.6 Å². The van der Waals surface area contributed by atoms with E-state index >= 15 is 4.39 Å². The van der Waals surface area contributed by atoms with Crippen molar-refractivity contribution in [3.05, 3.63) is 47.7 Å². The Balaban J connectivity index is 1.37. The molecule has 7 rings (SSSR count). The van der Waals surface area contributed by atoms with Crippen molar-refractivity contribution in [2.75, 3.05) is 57.9 Å². The molecule has 1 unspecified atom stereocenters. The summed E-state index contributed by atoms with van der Waals surface area (Å²) in [5.41, 5.74) is 0.00969. The van der Waals surface area contributed by atoms with Gasteiger partial charge in [0.15, 0.2) is 5.82 Å². The number of nitrogens with zero attached hydrogens (tertiary/aromatic N) is 5. The van der Waals surface area contributed by atoms with Crippen LogP contribution in [0.3, 0.4) is 0 Å². The molecule has 0 bridgehead atoms. The van der Waals surface area contributed by atoms with Gasteiger partial charge in [0.1, 0.15) is 35.2 Å². The predicted molar refractivity (Wildman–Crippen MR) is 164 cm³/mol. The lowest BCUT2D eigenvalue weighted by molar-refractivity contribution is 0.108. The normalized spacial score (nSPS) is 19.9. The molecule has 3 fully saturated rings. The second kappa shape index (κ2) is 11.4. The van der Waals surface area contributed by atoms with Gasteiger partial charge in [0.2, 0.25) is 0 Å². The minimum absolute atomic E-state index is 0.0270. The van der Waals surface area contributed by atoms with Gasteiger partial charge in [0, 0.05) is 49.9 Å². The lowest BCUT2D eigenvalue weighted by Gasteiger charge is -2.35. The number of benzene rings is 2. The minimum Gasteiger partial charge on any atom is -0.508 e. The molecule has 3 aliphatic rings. The number of pyridine rings is 1. The Morgan fingerprint density at radius 1 is 1.16 bits per heavy atom. The van der Waals surface area contributed by atoms with Crippen LogP contribution in [0, 0.1) is 24.0 Å². The maximum Gasteiger partial charge on any atom is 0.319 e. The van der Waals surface area contributed by atoms with E-state index in [2.05, 4.69) is 31.0 Å². The molecule has 0 spiro atoms. The van der Waals surface area contributed by atoms with Gasteiger partial charge in [-0.3, -0.25) is 9.88 Å². The molecule has 1 atom stereocenters. The van der Waals surface area contributed by atoms with Crippen molar-refractivity contribution in [3.63, 3.8) is 0 Å². The Hall–Kier alpha value is -4.11. The molecular formula is C33H34F2N6O3. The highest BCUT2D eigenvalue weighted by Gasteiger charge is 2.45. The van der Waals surface area contributed by atoms with Crippen LogP contribution in [0.4, 0.5) is 14.6 Å². The molecule has 3 aliphatic heterocycles. The van der Waals surface area contributed by atoms with Crippen LogP contribution in [0.2, 0.25) is 0 Å². The number of aromatic hydroxyl groups is 1. The number of fused-ring (bicyclic) bond motifs is 3. The fourth-order valence-corrected chi connectivity index (χ4v) is 7.26. The zero-order valence-electron chi connectivity index (χ0n) is 24.6. The molecule has 44 heavy (non-hydrogen) atoms. The summed E-state index contributed by atoms with van der Waals surface area (Å²) in [5, 5.41) is 15.1. The Labute approximate surface area is 254 Å². The summed E-state index contributed by atoms with van der Waals surface area (Å²) in [5.74, 6) is 1.42. The van der Waals surface area contributed by atoms with Gasteiger partial charge in [-0.15, -0.1) is 6.42 Å². The van der Waals surface area contributed by atoms with Crippen molar-refractivity contribution in [1.82, 2.24) is 25.2 Å². The number of methoxy groups -OCH3 is 1. The van der Waals surface area contributed by atoms with Crippen LogP contribution in [-0.2, 0) is 4.74 Å².